The molecule has 5 nitrogen and oxygen atoms in total. The molecule has 0 spiro atoms. The molecule has 0 aliphatic carbocycles. The highest BCUT2D eigenvalue weighted by atomic mass is 16.1. The Hall–Kier alpha value is -1.36. The predicted octanol–water partition coefficient (Wildman–Crippen LogP) is 2.18. The second kappa shape index (κ2) is 6.88. The molecule has 1 unspecified atom stereocenters. The van der Waals surface area contributed by atoms with Crippen molar-refractivity contribution in [2.24, 2.45) is 0 Å². The lowest BCUT2D eigenvalue weighted by molar-refractivity contribution is 0.180. The molecular formula is C15H26N4O. The minimum Gasteiger partial charge on any atom is -0.368 e. The normalized spacial score (nSPS) is 18.2. The van der Waals surface area contributed by atoms with Gasteiger partial charge in [-0.05, 0) is 32.9 Å². The van der Waals surface area contributed by atoms with Gasteiger partial charge in [0.05, 0.1) is 0 Å². The highest BCUT2D eigenvalue weighted by Gasteiger charge is 2.16. The number of hydrogen-bond acceptors (Lipinski definition) is 4. The molecular weight excluding hydrogens is 252 g/mol. The Morgan fingerprint density at radius 1 is 1.30 bits per heavy atom. The van der Waals surface area contributed by atoms with Crippen LogP contribution in [0.15, 0.2) is 10.9 Å². The zero-order valence-electron chi connectivity index (χ0n) is 12.8. The van der Waals surface area contributed by atoms with E-state index in [1.165, 1.54) is 38.4 Å². The average molecular weight is 278 g/mol. The number of hydrogen-bond donors (Lipinski definition) is 2. The minimum atomic E-state index is -0.0863. The summed E-state index contributed by atoms with van der Waals surface area (Å²) in [6.45, 7) is 9.48. The molecule has 0 radical (unpaired) electrons. The van der Waals surface area contributed by atoms with Crippen LogP contribution in [-0.2, 0) is 0 Å². The SMILES string of the molecule is CC(C)c1nc(NCC(C)N2CCCCC2)cc(=O)[nH]1. The van der Waals surface area contributed by atoms with Crippen molar-refractivity contribution in [2.75, 3.05) is 25.0 Å². The minimum absolute atomic E-state index is 0.0863. The van der Waals surface area contributed by atoms with Gasteiger partial charge in [-0.15, -0.1) is 0 Å². The van der Waals surface area contributed by atoms with Crippen molar-refractivity contribution in [1.82, 2.24) is 14.9 Å². The van der Waals surface area contributed by atoms with Crippen molar-refractivity contribution in [3.8, 4) is 0 Å². The van der Waals surface area contributed by atoms with Gasteiger partial charge in [0.2, 0.25) is 0 Å². The Labute approximate surface area is 120 Å². The summed E-state index contributed by atoms with van der Waals surface area (Å²) in [5.41, 5.74) is -0.0863. The van der Waals surface area contributed by atoms with Gasteiger partial charge in [-0.3, -0.25) is 9.69 Å². The van der Waals surface area contributed by atoms with Crippen molar-refractivity contribution in [3.63, 3.8) is 0 Å². The number of aromatic nitrogens is 2. The van der Waals surface area contributed by atoms with Gasteiger partial charge in [-0.2, -0.15) is 0 Å². The molecule has 1 aliphatic heterocycles. The molecule has 1 aromatic heterocycles. The first-order valence-electron chi connectivity index (χ1n) is 7.65. The summed E-state index contributed by atoms with van der Waals surface area (Å²) in [6, 6.07) is 2.01. The average Bonchev–Trinajstić information content (AvgIpc) is 2.45. The quantitative estimate of drug-likeness (QED) is 0.866. The van der Waals surface area contributed by atoms with E-state index in [1.807, 2.05) is 13.8 Å². The molecule has 5 heteroatoms. The summed E-state index contributed by atoms with van der Waals surface area (Å²) in [7, 11) is 0. The van der Waals surface area contributed by atoms with E-state index in [1.54, 1.807) is 0 Å². The van der Waals surface area contributed by atoms with Crippen LogP contribution in [-0.4, -0.2) is 40.5 Å². The molecule has 2 heterocycles. The van der Waals surface area contributed by atoms with Crippen molar-refractivity contribution < 1.29 is 0 Å². The summed E-state index contributed by atoms with van der Waals surface area (Å²) in [5, 5.41) is 3.31. The van der Waals surface area contributed by atoms with Crippen LogP contribution in [0.25, 0.3) is 0 Å². The molecule has 0 aromatic carbocycles. The number of likely N-dealkylation sites (tertiary alicyclic amines) is 1. The predicted molar refractivity (Wildman–Crippen MR) is 82.3 cm³/mol. The fourth-order valence-corrected chi connectivity index (χ4v) is 2.58. The molecule has 1 fully saturated rings. The molecule has 0 amide bonds. The number of H-pyrrole nitrogens is 1. The van der Waals surface area contributed by atoms with Crippen molar-refractivity contribution in [1.29, 1.82) is 0 Å². The lowest BCUT2D eigenvalue weighted by atomic mass is 10.1. The summed E-state index contributed by atoms with van der Waals surface area (Å²) in [5.74, 6) is 1.65. The standard InChI is InChI=1S/C15H26N4O/c1-11(2)15-17-13(9-14(20)18-15)16-10-12(3)19-7-5-4-6-8-19/h9,11-12H,4-8,10H2,1-3H3,(H2,16,17,18,20). The van der Waals surface area contributed by atoms with Crippen LogP contribution in [0.4, 0.5) is 5.82 Å². The summed E-state index contributed by atoms with van der Waals surface area (Å²) in [6.07, 6.45) is 3.94. The van der Waals surface area contributed by atoms with Crippen LogP contribution in [0, 0.1) is 0 Å². The zero-order chi connectivity index (χ0) is 14.5. The second-order valence-electron chi connectivity index (χ2n) is 6.00. The maximum absolute atomic E-state index is 11.6. The fraction of sp³-hybridized carbons (Fsp3) is 0.733. The van der Waals surface area contributed by atoms with E-state index in [0.29, 0.717) is 11.9 Å². The van der Waals surface area contributed by atoms with Crippen LogP contribution in [0.3, 0.4) is 0 Å². The highest BCUT2D eigenvalue weighted by Crippen LogP contribution is 2.13. The Balaban J connectivity index is 1.94. The maximum Gasteiger partial charge on any atom is 0.252 e. The first-order valence-corrected chi connectivity index (χ1v) is 7.65. The molecule has 1 atom stereocenters. The highest BCUT2D eigenvalue weighted by molar-refractivity contribution is 5.33. The molecule has 0 saturated carbocycles. The fourth-order valence-electron chi connectivity index (χ4n) is 2.58. The van der Waals surface area contributed by atoms with Crippen LogP contribution < -0.4 is 10.9 Å². The third kappa shape index (κ3) is 4.07. The molecule has 2 rings (SSSR count). The van der Waals surface area contributed by atoms with Gasteiger partial charge in [0.15, 0.2) is 0 Å². The van der Waals surface area contributed by atoms with Crippen molar-refractivity contribution >= 4 is 5.82 Å². The number of piperidine rings is 1. The largest absolute Gasteiger partial charge is 0.368 e. The number of rotatable bonds is 5. The molecule has 1 aliphatic rings. The molecule has 0 bridgehead atoms. The van der Waals surface area contributed by atoms with Crippen LogP contribution in [0.2, 0.25) is 0 Å². The molecule has 1 aromatic rings. The van der Waals surface area contributed by atoms with Gasteiger partial charge in [-0.25, -0.2) is 4.98 Å². The zero-order valence-corrected chi connectivity index (χ0v) is 12.8. The monoisotopic (exact) mass is 278 g/mol. The Bertz CT molecular complexity index is 477. The van der Waals surface area contributed by atoms with E-state index in [-0.39, 0.29) is 11.5 Å². The third-order valence-electron chi connectivity index (χ3n) is 3.90. The van der Waals surface area contributed by atoms with E-state index in [0.717, 1.165) is 12.4 Å². The van der Waals surface area contributed by atoms with Gasteiger partial charge in [0.1, 0.15) is 11.6 Å². The van der Waals surface area contributed by atoms with Crippen LogP contribution >= 0.6 is 0 Å². The number of anilines is 1. The first kappa shape index (κ1) is 15.0. The van der Waals surface area contributed by atoms with Gasteiger partial charge in [-0.1, -0.05) is 20.3 Å². The third-order valence-corrected chi connectivity index (χ3v) is 3.90. The van der Waals surface area contributed by atoms with Crippen molar-refractivity contribution in [3.05, 3.63) is 22.2 Å². The number of nitrogens with zero attached hydrogens (tertiary/aromatic N) is 2. The first-order chi connectivity index (χ1) is 9.56. The van der Waals surface area contributed by atoms with Gasteiger partial charge < -0.3 is 10.3 Å². The van der Waals surface area contributed by atoms with Crippen LogP contribution in [0.5, 0.6) is 0 Å². The Kier molecular flexibility index (Phi) is 5.17. The molecule has 2 N–H and O–H groups in total. The lowest BCUT2D eigenvalue weighted by Gasteiger charge is -2.32. The van der Waals surface area contributed by atoms with Gasteiger partial charge in [0, 0.05) is 24.6 Å². The number of nitrogens with one attached hydrogen (secondary N) is 2. The van der Waals surface area contributed by atoms with E-state index in [2.05, 4.69) is 27.1 Å². The van der Waals surface area contributed by atoms with Gasteiger partial charge in [0.25, 0.3) is 5.56 Å². The Morgan fingerprint density at radius 3 is 2.65 bits per heavy atom. The van der Waals surface area contributed by atoms with E-state index < -0.39 is 0 Å². The van der Waals surface area contributed by atoms with E-state index in [9.17, 15) is 4.79 Å². The smallest absolute Gasteiger partial charge is 0.252 e. The second-order valence-corrected chi connectivity index (χ2v) is 6.00. The Morgan fingerprint density at radius 2 is 2.00 bits per heavy atom. The van der Waals surface area contributed by atoms with E-state index in [4.69, 9.17) is 0 Å². The topological polar surface area (TPSA) is 61.0 Å². The molecule has 1 saturated heterocycles. The molecule has 20 heavy (non-hydrogen) atoms. The summed E-state index contributed by atoms with van der Waals surface area (Å²) in [4.78, 5) is 21.4. The van der Waals surface area contributed by atoms with Crippen molar-refractivity contribution in [2.45, 2.75) is 52.0 Å². The summed E-state index contributed by atoms with van der Waals surface area (Å²) < 4.78 is 0. The molecule has 112 valence electrons. The van der Waals surface area contributed by atoms with E-state index >= 15 is 0 Å². The maximum atomic E-state index is 11.6. The lowest BCUT2D eigenvalue weighted by Crippen LogP contribution is -2.41. The number of aromatic amines is 1. The van der Waals surface area contributed by atoms with Gasteiger partial charge >= 0.3 is 0 Å². The summed E-state index contributed by atoms with van der Waals surface area (Å²) >= 11 is 0. The van der Waals surface area contributed by atoms with Crippen LogP contribution in [0.1, 0.15) is 51.8 Å².